The summed E-state index contributed by atoms with van der Waals surface area (Å²) in [4.78, 5) is 24.1. The minimum absolute atomic E-state index is 0.0139. The molecule has 27 heavy (non-hydrogen) atoms. The Hall–Kier alpha value is -2.39. The predicted octanol–water partition coefficient (Wildman–Crippen LogP) is 5.64. The molecule has 142 valence electrons. The lowest BCUT2D eigenvalue weighted by Gasteiger charge is -2.13. The van der Waals surface area contributed by atoms with Crippen LogP contribution in [0.15, 0.2) is 42.5 Å². The van der Waals surface area contributed by atoms with E-state index in [1.54, 1.807) is 27.0 Å². The van der Waals surface area contributed by atoms with Crippen LogP contribution in [0, 0.1) is 5.92 Å². The molecule has 2 aromatic rings. The van der Waals surface area contributed by atoms with Crippen LogP contribution in [0.1, 0.15) is 43.4 Å². The van der Waals surface area contributed by atoms with Crippen LogP contribution in [0.25, 0.3) is 12.2 Å². The topological polar surface area (TPSA) is 43.4 Å². The fraction of sp³-hybridized carbons (Fsp3) is 0.304. The van der Waals surface area contributed by atoms with E-state index in [0.29, 0.717) is 24.3 Å². The molecule has 4 heteroatoms. The highest BCUT2D eigenvalue weighted by Gasteiger charge is 2.23. The smallest absolute Gasteiger partial charge is 0.143 e. The van der Waals surface area contributed by atoms with Crippen LogP contribution in [0.5, 0.6) is 5.75 Å². The molecule has 0 heterocycles. The highest BCUT2D eigenvalue weighted by molar-refractivity contribution is 6.32. The van der Waals surface area contributed by atoms with E-state index in [2.05, 4.69) is 0 Å². The number of halogens is 1. The lowest BCUT2D eigenvalue weighted by molar-refractivity contribution is -0.132. The Kier molecular flexibility index (Phi) is 7.81. The van der Waals surface area contributed by atoms with Gasteiger partial charge in [0.15, 0.2) is 0 Å². The minimum Gasteiger partial charge on any atom is -0.497 e. The molecule has 0 bridgehead atoms. The lowest BCUT2D eigenvalue weighted by atomic mass is 9.89. The van der Waals surface area contributed by atoms with E-state index in [9.17, 15) is 9.59 Å². The maximum absolute atomic E-state index is 12.1. The Morgan fingerprint density at radius 1 is 1.00 bits per heavy atom. The van der Waals surface area contributed by atoms with Gasteiger partial charge < -0.3 is 4.74 Å². The molecule has 0 radical (unpaired) electrons. The van der Waals surface area contributed by atoms with Crippen molar-refractivity contribution in [1.82, 2.24) is 0 Å². The first-order valence-electron chi connectivity index (χ1n) is 9.14. The molecule has 0 aromatic heterocycles. The Morgan fingerprint density at radius 3 is 2.15 bits per heavy atom. The third kappa shape index (κ3) is 5.80. The molecular weight excluding hydrogens is 360 g/mol. The first kappa shape index (κ1) is 20.9. The van der Waals surface area contributed by atoms with Gasteiger partial charge in [-0.3, -0.25) is 9.59 Å². The Balaban J connectivity index is 2.10. The summed E-state index contributed by atoms with van der Waals surface area (Å²) in [6.45, 7) is 3.60. The fourth-order valence-electron chi connectivity index (χ4n) is 2.86. The minimum atomic E-state index is -0.528. The molecule has 0 saturated heterocycles. The first-order chi connectivity index (χ1) is 13.0. The average molecular weight is 385 g/mol. The van der Waals surface area contributed by atoms with E-state index in [1.165, 1.54) is 0 Å². The second-order valence-electron chi connectivity index (χ2n) is 6.36. The van der Waals surface area contributed by atoms with Crippen LogP contribution in [0.4, 0.5) is 0 Å². The van der Waals surface area contributed by atoms with Crippen molar-refractivity contribution in [3.05, 3.63) is 64.2 Å². The molecule has 0 saturated carbocycles. The number of Topliss-reactive ketones (excluding diaryl/α,β-unsaturated/α-hetero) is 2. The number of hydrogen-bond acceptors (Lipinski definition) is 3. The van der Waals surface area contributed by atoms with Gasteiger partial charge >= 0.3 is 0 Å². The molecule has 2 rings (SSSR count). The van der Waals surface area contributed by atoms with Crippen LogP contribution in [0.3, 0.4) is 0 Å². The summed E-state index contributed by atoms with van der Waals surface area (Å²) >= 11 is 6.25. The van der Waals surface area contributed by atoms with Gasteiger partial charge in [-0.2, -0.15) is 0 Å². The van der Waals surface area contributed by atoms with Gasteiger partial charge in [0.2, 0.25) is 0 Å². The van der Waals surface area contributed by atoms with E-state index < -0.39 is 5.92 Å². The first-order valence-corrected chi connectivity index (χ1v) is 9.52. The van der Waals surface area contributed by atoms with Crippen LogP contribution in [-0.4, -0.2) is 18.7 Å². The molecule has 3 nitrogen and oxygen atoms in total. The fourth-order valence-corrected chi connectivity index (χ4v) is 3.09. The van der Waals surface area contributed by atoms with Gasteiger partial charge in [0.05, 0.1) is 18.1 Å². The summed E-state index contributed by atoms with van der Waals surface area (Å²) in [5.74, 6) is 0.221. The standard InChI is InChI=1S/C23H25ClO3/c1-4-22(25)20(23(26)5-2)14-17-8-6-16(7-9-17)10-11-18-12-13-19(27-3)15-21(18)24/h6-13,15,20H,4-5,14H2,1-3H3. The van der Waals surface area contributed by atoms with Crippen molar-refractivity contribution in [2.45, 2.75) is 33.1 Å². The molecule has 2 aromatic carbocycles. The van der Waals surface area contributed by atoms with Crippen LogP contribution in [0.2, 0.25) is 5.02 Å². The van der Waals surface area contributed by atoms with Gasteiger partial charge in [0.25, 0.3) is 0 Å². The van der Waals surface area contributed by atoms with Gasteiger partial charge in [-0.05, 0) is 41.3 Å². The second kappa shape index (κ2) is 10.1. The van der Waals surface area contributed by atoms with Crippen LogP contribution < -0.4 is 4.74 Å². The maximum Gasteiger partial charge on any atom is 0.143 e. The quantitative estimate of drug-likeness (QED) is 0.415. The van der Waals surface area contributed by atoms with E-state index in [4.69, 9.17) is 16.3 Å². The molecule has 0 fully saturated rings. The second-order valence-corrected chi connectivity index (χ2v) is 6.77. The summed E-state index contributed by atoms with van der Waals surface area (Å²) in [6, 6.07) is 13.4. The van der Waals surface area contributed by atoms with E-state index >= 15 is 0 Å². The van der Waals surface area contributed by atoms with Crippen molar-refractivity contribution in [3.8, 4) is 5.75 Å². The molecule has 0 spiro atoms. The monoisotopic (exact) mass is 384 g/mol. The largest absolute Gasteiger partial charge is 0.497 e. The number of carbonyl (C=O) groups excluding carboxylic acids is 2. The average Bonchev–Trinajstić information content (AvgIpc) is 2.70. The van der Waals surface area contributed by atoms with Crippen molar-refractivity contribution in [2.75, 3.05) is 7.11 Å². The van der Waals surface area contributed by atoms with E-state index in [-0.39, 0.29) is 11.6 Å². The Bertz CT molecular complexity index is 806. The Labute approximate surface area is 166 Å². The number of rotatable bonds is 9. The summed E-state index contributed by atoms with van der Waals surface area (Å²) in [7, 11) is 1.61. The molecule has 0 aliphatic heterocycles. The zero-order valence-corrected chi connectivity index (χ0v) is 16.8. The zero-order chi connectivity index (χ0) is 19.8. The summed E-state index contributed by atoms with van der Waals surface area (Å²) in [6.07, 6.45) is 5.16. The number of carbonyl (C=O) groups is 2. The summed E-state index contributed by atoms with van der Waals surface area (Å²) < 4.78 is 5.15. The van der Waals surface area contributed by atoms with E-state index in [1.807, 2.05) is 48.6 Å². The SMILES string of the molecule is CCC(=O)C(Cc1ccc(C=Cc2ccc(OC)cc2Cl)cc1)C(=O)CC. The molecule has 0 aliphatic rings. The number of ketones is 2. The summed E-state index contributed by atoms with van der Waals surface area (Å²) in [5.41, 5.74) is 2.91. The molecule has 0 amide bonds. The Morgan fingerprint density at radius 2 is 1.63 bits per heavy atom. The van der Waals surface area contributed by atoms with Crippen LogP contribution >= 0.6 is 11.6 Å². The normalized spacial score (nSPS) is 11.1. The molecular formula is C23H25ClO3. The number of methoxy groups -OCH3 is 1. The van der Waals surface area contributed by atoms with Gasteiger partial charge in [-0.25, -0.2) is 0 Å². The zero-order valence-electron chi connectivity index (χ0n) is 16.0. The molecule has 0 N–H and O–H groups in total. The van der Waals surface area contributed by atoms with Crippen molar-refractivity contribution < 1.29 is 14.3 Å². The predicted molar refractivity (Wildman–Crippen MR) is 111 cm³/mol. The van der Waals surface area contributed by atoms with Crippen molar-refractivity contribution in [2.24, 2.45) is 5.92 Å². The maximum atomic E-state index is 12.1. The lowest BCUT2D eigenvalue weighted by Crippen LogP contribution is -2.25. The third-order valence-electron chi connectivity index (χ3n) is 4.56. The highest BCUT2D eigenvalue weighted by Crippen LogP contribution is 2.24. The number of ether oxygens (including phenoxy) is 1. The van der Waals surface area contributed by atoms with Crippen molar-refractivity contribution in [1.29, 1.82) is 0 Å². The van der Waals surface area contributed by atoms with E-state index in [0.717, 1.165) is 22.4 Å². The number of hydrogen-bond donors (Lipinski definition) is 0. The van der Waals surface area contributed by atoms with Crippen LogP contribution in [-0.2, 0) is 16.0 Å². The molecule has 0 unspecified atom stereocenters. The number of benzene rings is 2. The van der Waals surface area contributed by atoms with Gasteiger partial charge in [0.1, 0.15) is 17.3 Å². The van der Waals surface area contributed by atoms with Crippen molar-refractivity contribution >= 4 is 35.3 Å². The van der Waals surface area contributed by atoms with Gasteiger partial charge in [0, 0.05) is 12.8 Å². The van der Waals surface area contributed by atoms with Gasteiger partial charge in [-0.1, -0.05) is 61.9 Å². The molecule has 0 atom stereocenters. The highest BCUT2D eigenvalue weighted by atomic mass is 35.5. The van der Waals surface area contributed by atoms with Gasteiger partial charge in [-0.15, -0.1) is 0 Å². The third-order valence-corrected chi connectivity index (χ3v) is 4.88. The summed E-state index contributed by atoms with van der Waals surface area (Å²) in [5, 5.41) is 0.626. The molecule has 0 aliphatic carbocycles. The van der Waals surface area contributed by atoms with Crippen molar-refractivity contribution in [3.63, 3.8) is 0 Å².